The second-order valence-corrected chi connectivity index (χ2v) is 4.24. The van der Waals surface area contributed by atoms with Crippen molar-refractivity contribution in [1.29, 1.82) is 0 Å². The topological polar surface area (TPSA) is 60.8 Å². The monoisotopic (exact) mass is 249 g/mol. The average molecular weight is 249 g/mol. The van der Waals surface area contributed by atoms with Gasteiger partial charge in [0, 0.05) is 13.1 Å². The van der Waals surface area contributed by atoms with Gasteiger partial charge in [0.25, 0.3) is 0 Å². The molecule has 0 unspecified atom stereocenters. The van der Waals surface area contributed by atoms with Gasteiger partial charge in [-0.3, -0.25) is 9.69 Å². The number of aliphatic hydroxyl groups is 1. The molecule has 0 spiro atoms. The summed E-state index contributed by atoms with van der Waals surface area (Å²) < 4.78 is 0. The van der Waals surface area contributed by atoms with Gasteiger partial charge in [0.1, 0.15) is 6.04 Å². The van der Waals surface area contributed by atoms with E-state index in [1.165, 1.54) is 0 Å². The molecule has 1 aromatic rings. The van der Waals surface area contributed by atoms with Gasteiger partial charge in [-0.05, 0) is 12.5 Å². The van der Waals surface area contributed by atoms with Gasteiger partial charge in [-0.25, -0.2) is 0 Å². The maximum Gasteiger partial charge on any atom is 0.325 e. The predicted molar refractivity (Wildman–Crippen MR) is 70.3 cm³/mol. The normalized spacial score (nSPS) is 14.2. The summed E-state index contributed by atoms with van der Waals surface area (Å²) in [7, 11) is 0. The van der Waals surface area contributed by atoms with E-state index in [9.17, 15) is 15.0 Å². The Balaban J connectivity index is 3.00. The molecule has 0 heterocycles. The van der Waals surface area contributed by atoms with Crippen LogP contribution < -0.4 is 0 Å². The summed E-state index contributed by atoms with van der Waals surface area (Å²) in [5.74, 6) is -0.927. The molecule has 18 heavy (non-hydrogen) atoms. The lowest BCUT2D eigenvalue weighted by Gasteiger charge is -2.29. The van der Waals surface area contributed by atoms with Crippen molar-refractivity contribution in [2.75, 3.05) is 13.1 Å². The molecule has 98 valence electrons. The van der Waals surface area contributed by atoms with Crippen molar-refractivity contribution >= 4 is 5.97 Å². The highest BCUT2D eigenvalue weighted by Gasteiger charge is 2.27. The number of hydrogen-bond acceptors (Lipinski definition) is 3. The molecule has 0 aliphatic heterocycles. The van der Waals surface area contributed by atoms with Crippen molar-refractivity contribution in [2.24, 2.45) is 0 Å². The van der Waals surface area contributed by atoms with Gasteiger partial charge in [-0.1, -0.05) is 36.4 Å². The molecule has 2 N–H and O–H groups in total. The van der Waals surface area contributed by atoms with Crippen LogP contribution in [0.5, 0.6) is 0 Å². The van der Waals surface area contributed by atoms with Crippen molar-refractivity contribution in [3.8, 4) is 0 Å². The second kappa shape index (κ2) is 6.93. The zero-order valence-corrected chi connectivity index (χ0v) is 10.5. The molecular formula is C14H19NO3. The van der Waals surface area contributed by atoms with E-state index in [0.29, 0.717) is 12.1 Å². The minimum atomic E-state index is -0.927. The Hall–Kier alpha value is -1.65. The van der Waals surface area contributed by atoms with Crippen LogP contribution in [-0.2, 0) is 4.79 Å². The van der Waals surface area contributed by atoms with Gasteiger partial charge in [0.05, 0.1) is 6.10 Å². The van der Waals surface area contributed by atoms with Crippen LogP contribution in [0.4, 0.5) is 0 Å². The van der Waals surface area contributed by atoms with E-state index in [1.54, 1.807) is 42.2 Å². The summed E-state index contributed by atoms with van der Waals surface area (Å²) in [5, 5.41) is 18.8. The molecule has 0 aromatic heterocycles. The number of carbonyl (C=O) groups is 1. The van der Waals surface area contributed by atoms with Gasteiger partial charge in [-0.2, -0.15) is 0 Å². The molecule has 0 amide bonds. The molecule has 2 atom stereocenters. The quantitative estimate of drug-likeness (QED) is 0.722. The van der Waals surface area contributed by atoms with Crippen LogP contribution in [0.25, 0.3) is 0 Å². The average Bonchev–Trinajstić information content (AvgIpc) is 2.29. The van der Waals surface area contributed by atoms with E-state index >= 15 is 0 Å². The van der Waals surface area contributed by atoms with Crippen molar-refractivity contribution in [2.45, 2.75) is 19.1 Å². The Kier molecular flexibility index (Phi) is 5.55. The molecule has 1 rings (SSSR count). The lowest BCUT2D eigenvalue weighted by atomic mass is 10.0. The highest BCUT2D eigenvalue weighted by Crippen LogP contribution is 2.21. The van der Waals surface area contributed by atoms with Crippen molar-refractivity contribution in [3.05, 3.63) is 48.6 Å². The Bertz CT molecular complexity index is 389. The largest absolute Gasteiger partial charge is 0.480 e. The van der Waals surface area contributed by atoms with E-state index in [1.807, 2.05) is 6.07 Å². The molecule has 0 fully saturated rings. The number of hydrogen-bond donors (Lipinski definition) is 2. The third-order valence-corrected chi connectivity index (χ3v) is 2.58. The first-order valence-corrected chi connectivity index (χ1v) is 5.87. The summed E-state index contributed by atoms with van der Waals surface area (Å²) in [4.78, 5) is 13.1. The van der Waals surface area contributed by atoms with Gasteiger partial charge < -0.3 is 10.2 Å². The van der Waals surface area contributed by atoms with Crippen LogP contribution in [0.3, 0.4) is 0 Å². The van der Waals surface area contributed by atoms with Gasteiger partial charge in [-0.15, -0.1) is 6.58 Å². The van der Waals surface area contributed by atoms with Gasteiger partial charge in [0.15, 0.2) is 0 Å². The summed E-state index contributed by atoms with van der Waals surface area (Å²) in [6.07, 6.45) is 1.05. The molecule has 0 radical (unpaired) electrons. The zero-order valence-electron chi connectivity index (χ0n) is 10.5. The summed E-state index contributed by atoms with van der Waals surface area (Å²) in [6.45, 7) is 5.97. The smallest absolute Gasteiger partial charge is 0.325 e. The fourth-order valence-electron chi connectivity index (χ4n) is 1.94. The van der Waals surface area contributed by atoms with Crippen LogP contribution in [0.2, 0.25) is 0 Å². The SMILES string of the molecule is C=CCN(C[C@@H](C)O)[C@@H](C(=O)O)c1ccccc1. The Labute approximate surface area is 107 Å². The maximum absolute atomic E-state index is 11.4. The van der Waals surface area contributed by atoms with Crippen LogP contribution in [0.1, 0.15) is 18.5 Å². The van der Waals surface area contributed by atoms with Crippen LogP contribution >= 0.6 is 0 Å². The highest BCUT2D eigenvalue weighted by molar-refractivity contribution is 5.75. The molecular weight excluding hydrogens is 230 g/mol. The standard InChI is InChI=1S/C14H19NO3/c1-3-9-15(10-11(2)16)13(14(17)18)12-7-5-4-6-8-12/h3-8,11,13,16H,1,9-10H2,2H3,(H,17,18)/t11-,13-/m1/s1. The third-order valence-electron chi connectivity index (χ3n) is 2.58. The van der Waals surface area contributed by atoms with E-state index < -0.39 is 18.1 Å². The molecule has 1 aromatic carbocycles. The Morgan fingerprint density at radius 2 is 2.06 bits per heavy atom. The zero-order chi connectivity index (χ0) is 13.5. The van der Waals surface area contributed by atoms with E-state index in [-0.39, 0.29) is 6.54 Å². The molecule has 0 bridgehead atoms. The first-order chi connectivity index (χ1) is 8.56. The van der Waals surface area contributed by atoms with Crippen molar-refractivity contribution in [1.82, 2.24) is 4.90 Å². The van der Waals surface area contributed by atoms with Crippen molar-refractivity contribution in [3.63, 3.8) is 0 Å². The molecule has 0 aliphatic carbocycles. The minimum absolute atomic E-state index is 0.290. The molecule has 4 heteroatoms. The van der Waals surface area contributed by atoms with Crippen molar-refractivity contribution < 1.29 is 15.0 Å². The Morgan fingerprint density at radius 1 is 1.44 bits per heavy atom. The molecule has 0 aliphatic rings. The first-order valence-electron chi connectivity index (χ1n) is 5.87. The van der Waals surface area contributed by atoms with Gasteiger partial charge >= 0.3 is 5.97 Å². The van der Waals surface area contributed by atoms with Crippen LogP contribution in [0.15, 0.2) is 43.0 Å². The van der Waals surface area contributed by atoms with Crippen LogP contribution in [0, 0.1) is 0 Å². The minimum Gasteiger partial charge on any atom is -0.480 e. The first kappa shape index (κ1) is 14.4. The third kappa shape index (κ3) is 3.98. The lowest BCUT2D eigenvalue weighted by Crippen LogP contribution is -2.38. The molecule has 0 saturated carbocycles. The summed E-state index contributed by atoms with van der Waals surface area (Å²) in [6, 6.07) is 8.24. The lowest BCUT2D eigenvalue weighted by molar-refractivity contribution is -0.143. The number of nitrogens with zero attached hydrogens (tertiary/aromatic N) is 1. The molecule has 4 nitrogen and oxygen atoms in total. The number of aliphatic carboxylic acids is 1. The maximum atomic E-state index is 11.4. The fourth-order valence-corrected chi connectivity index (χ4v) is 1.94. The van der Waals surface area contributed by atoms with Gasteiger partial charge in [0.2, 0.25) is 0 Å². The number of rotatable bonds is 7. The molecule has 0 saturated heterocycles. The Morgan fingerprint density at radius 3 is 2.50 bits per heavy atom. The number of carboxylic acid groups (broad SMARTS) is 1. The number of aliphatic hydroxyl groups excluding tert-OH is 1. The fraction of sp³-hybridized carbons (Fsp3) is 0.357. The van der Waals surface area contributed by atoms with Crippen LogP contribution in [-0.4, -0.2) is 40.3 Å². The predicted octanol–water partition coefficient (Wildman–Crippen LogP) is 1.68. The van der Waals surface area contributed by atoms with E-state index in [2.05, 4.69) is 6.58 Å². The summed E-state index contributed by atoms with van der Waals surface area (Å²) >= 11 is 0. The van der Waals surface area contributed by atoms with E-state index in [0.717, 1.165) is 0 Å². The highest BCUT2D eigenvalue weighted by atomic mass is 16.4. The second-order valence-electron chi connectivity index (χ2n) is 4.24. The number of benzene rings is 1. The van der Waals surface area contributed by atoms with E-state index in [4.69, 9.17) is 0 Å². The summed E-state index contributed by atoms with van der Waals surface area (Å²) in [5.41, 5.74) is 0.701. The number of carboxylic acids is 1.